The number of hydrogen-bond acceptors (Lipinski definition) is 2. The van der Waals surface area contributed by atoms with Crippen LogP contribution in [0.1, 0.15) is 77.6 Å². The molecular formula is C18H34N2O. The Balaban J connectivity index is 1.83. The molecule has 0 spiro atoms. The zero-order valence-corrected chi connectivity index (χ0v) is 13.8. The summed E-state index contributed by atoms with van der Waals surface area (Å²) in [5.74, 6) is 1.97. The Morgan fingerprint density at radius 1 is 1.14 bits per heavy atom. The van der Waals surface area contributed by atoms with Crippen LogP contribution in [-0.4, -0.2) is 18.5 Å². The molecule has 3 N–H and O–H groups in total. The predicted molar refractivity (Wildman–Crippen MR) is 87.9 cm³/mol. The Bertz CT molecular complexity index is 310. The second-order valence-corrected chi connectivity index (χ2v) is 7.23. The van der Waals surface area contributed by atoms with Gasteiger partial charge in [0.1, 0.15) is 0 Å². The van der Waals surface area contributed by atoms with Gasteiger partial charge in [-0.25, -0.2) is 0 Å². The van der Waals surface area contributed by atoms with Gasteiger partial charge in [0.15, 0.2) is 0 Å². The Kier molecular flexibility index (Phi) is 7.01. The lowest BCUT2D eigenvalue weighted by Crippen LogP contribution is -2.44. The van der Waals surface area contributed by atoms with Gasteiger partial charge in [0.2, 0.25) is 5.91 Å². The molecule has 0 bridgehead atoms. The van der Waals surface area contributed by atoms with Crippen molar-refractivity contribution in [3.05, 3.63) is 0 Å². The Morgan fingerprint density at radius 2 is 1.90 bits per heavy atom. The molecule has 2 saturated carbocycles. The van der Waals surface area contributed by atoms with E-state index in [1.165, 1.54) is 44.9 Å². The minimum Gasteiger partial charge on any atom is -0.353 e. The molecule has 0 radical (unpaired) electrons. The van der Waals surface area contributed by atoms with Crippen LogP contribution in [0.3, 0.4) is 0 Å². The van der Waals surface area contributed by atoms with Crippen molar-refractivity contribution < 1.29 is 4.79 Å². The highest BCUT2D eigenvalue weighted by Crippen LogP contribution is 2.32. The molecule has 1 amide bonds. The maximum atomic E-state index is 12.6. The van der Waals surface area contributed by atoms with E-state index in [1.807, 2.05) is 0 Å². The summed E-state index contributed by atoms with van der Waals surface area (Å²) in [5.41, 5.74) is 5.68. The normalized spacial score (nSPS) is 29.0. The summed E-state index contributed by atoms with van der Waals surface area (Å²) in [6.07, 6.45) is 13.4. The summed E-state index contributed by atoms with van der Waals surface area (Å²) in [6.45, 7) is 2.98. The van der Waals surface area contributed by atoms with E-state index in [0.29, 0.717) is 17.9 Å². The molecule has 3 heteroatoms. The van der Waals surface area contributed by atoms with Crippen molar-refractivity contribution in [2.45, 2.75) is 83.6 Å². The van der Waals surface area contributed by atoms with Gasteiger partial charge in [-0.15, -0.1) is 0 Å². The van der Waals surface area contributed by atoms with Crippen molar-refractivity contribution in [1.82, 2.24) is 5.32 Å². The molecule has 2 aliphatic rings. The van der Waals surface area contributed by atoms with Crippen molar-refractivity contribution >= 4 is 5.91 Å². The molecule has 122 valence electrons. The van der Waals surface area contributed by atoms with E-state index in [2.05, 4.69) is 12.2 Å². The number of amides is 1. The van der Waals surface area contributed by atoms with Gasteiger partial charge in [-0.05, 0) is 56.9 Å². The highest BCUT2D eigenvalue weighted by molar-refractivity contribution is 5.79. The number of hydrogen-bond donors (Lipinski definition) is 2. The second-order valence-electron chi connectivity index (χ2n) is 7.23. The molecule has 0 heterocycles. The lowest BCUT2D eigenvalue weighted by molar-refractivity contribution is -0.127. The first-order valence-electron chi connectivity index (χ1n) is 9.25. The van der Waals surface area contributed by atoms with Gasteiger partial charge in [-0.2, -0.15) is 0 Å². The highest BCUT2D eigenvalue weighted by Gasteiger charge is 2.30. The number of carbonyl (C=O) groups is 1. The Morgan fingerprint density at radius 3 is 2.57 bits per heavy atom. The van der Waals surface area contributed by atoms with Crippen LogP contribution in [0.4, 0.5) is 0 Å². The standard InChI is InChI=1S/C18H34N2O/c1-2-17(15-8-4-3-5-9-15)20-18(21)16-10-6-7-14(13-16)11-12-19/h14-17H,2-13,19H2,1H3,(H,20,21). The molecular weight excluding hydrogens is 260 g/mol. The first-order chi connectivity index (χ1) is 10.2. The third-order valence-corrected chi connectivity index (χ3v) is 5.71. The van der Waals surface area contributed by atoms with E-state index in [1.54, 1.807) is 0 Å². The minimum absolute atomic E-state index is 0.243. The molecule has 0 aromatic carbocycles. The third-order valence-electron chi connectivity index (χ3n) is 5.71. The second kappa shape index (κ2) is 8.77. The van der Waals surface area contributed by atoms with Crippen molar-refractivity contribution in [2.75, 3.05) is 6.54 Å². The summed E-state index contributed by atoms with van der Waals surface area (Å²) in [6, 6.07) is 0.410. The Hall–Kier alpha value is -0.570. The fourth-order valence-corrected chi connectivity index (χ4v) is 4.42. The lowest BCUT2D eigenvalue weighted by Gasteiger charge is -2.33. The molecule has 21 heavy (non-hydrogen) atoms. The molecule has 2 rings (SSSR count). The van der Waals surface area contributed by atoms with Crippen LogP contribution in [0.5, 0.6) is 0 Å². The molecule has 0 aromatic heterocycles. The average Bonchev–Trinajstić information content (AvgIpc) is 2.54. The van der Waals surface area contributed by atoms with Crippen molar-refractivity contribution in [3.8, 4) is 0 Å². The monoisotopic (exact) mass is 294 g/mol. The van der Waals surface area contributed by atoms with E-state index in [-0.39, 0.29) is 5.92 Å². The maximum absolute atomic E-state index is 12.6. The van der Waals surface area contributed by atoms with E-state index in [9.17, 15) is 4.79 Å². The number of nitrogens with one attached hydrogen (secondary N) is 1. The molecule has 3 unspecified atom stereocenters. The molecule has 3 atom stereocenters. The smallest absolute Gasteiger partial charge is 0.223 e. The number of carbonyl (C=O) groups excluding carboxylic acids is 1. The van der Waals surface area contributed by atoms with E-state index < -0.39 is 0 Å². The number of rotatable bonds is 6. The van der Waals surface area contributed by atoms with E-state index in [0.717, 1.165) is 38.1 Å². The Labute approximate surface area is 130 Å². The molecule has 0 aromatic rings. The van der Waals surface area contributed by atoms with Gasteiger partial charge in [-0.1, -0.05) is 39.0 Å². The lowest BCUT2D eigenvalue weighted by atomic mass is 9.78. The zero-order chi connectivity index (χ0) is 15.1. The first-order valence-corrected chi connectivity index (χ1v) is 9.25. The van der Waals surface area contributed by atoms with Crippen LogP contribution in [0, 0.1) is 17.8 Å². The van der Waals surface area contributed by atoms with Crippen LogP contribution < -0.4 is 11.1 Å². The fraction of sp³-hybridized carbons (Fsp3) is 0.944. The SMILES string of the molecule is CCC(NC(=O)C1CCCC(CCN)C1)C1CCCCC1. The van der Waals surface area contributed by atoms with Crippen molar-refractivity contribution in [3.63, 3.8) is 0 Å². The van der Waals surface area contributed by atoms with E-state index in [4.69, 9.17) is 5.73 Å². The van der Waals surface area contributed by atoms with Crippen LogP contribution in [0.2, 0.25) is 0 Å². The van der Waals surface area contributed by atoms with Crippen molar-refractivity contribution in [1.29, 1.82) is 0 Å². The molecule has 0 saturated heterocycles. The summed E-state index contributed by atoms with van der Waals surface area (Å²) < 4.78 is 0. The van der Waals surface area contributed by atoms with Crippen LogP contribution >= 0.6 is 0 Å². The molecule has 3 nitrogen and oxygen atoms in total. The van der Waals surface area contributed by atoms with Gasteiger partial charge in [0.25, 0.3) is 0 Å². The van der Waals surface area contributed by atoms with E-state index >= 15 is 0 Å². The van der Waals surface area contributed by atoms with Gasteiger partial charge in [0.05, 0.1) is 0 Å². The molecule has 2 fully saturated rings. The average molecular weight is 294 g/mol. The van der Waals surface area contributed by atoms with Gasteiger partial charge in [-0.3, -0.25) is 4.79 Å². The van der Waals surface area contributed by atoms with Crippen molar-refractivity contribution in [2.24, 2.45) is 23.5 Å². The summed E-state index contributed by atoms with van der Waals surface area (Å²) >= 11 is 0. The topological polar surface area (TPSA) is 55.1 Å². The minimum atomic E-state index is 0.243. The summed E-state index contributed by atoms with van der Waals surface area (Å²) in [4.78, 5) is 12.6. The summed E-state index contributed by atoms with van der Waals surface area (Å²) in [5, 5.41) is 3.40. The van der Waals surface area contributed by atoms with Gasteiger partial charge < -0.3 is 11.1 Å². The molecule has 2 aliphatic carbocycles. The maximum Gasteiger partial charge on any atom is 0.223 e. The first kappa shape index (κ1) is 16.8. The zero-order valence-electron chi connectivity index (χ0n) is 13.8. The third kappa shape index (κ3) is 4.98. The van der Waals surface area contributed by atoms with Gasteiger partial charge >= 0.3 is 0 Å². The predicted octanol–water partition coefficient (Wildman–Crippen LogP) is 3.62. The van der Waals surface area contributed by atoms with Crippen LogP contribution in [-0.2, 0) is 4.79 Å². The molecule has 0 aliphatic heterocycles. The van der Waals surface area contributed by atoms with Crippen LogP contribution in [0.25, 0.3) is 0 Å². The summed E-state index contributed by atoms with van der Waals surface area (Å²) in [7, 11) is 0. The largest absolute Gasteiger partial charge is 0.353 e. The van der Waals surface area contributed by atoms with Gasteiger partial charge in [0, 0.05) is 12.0 Å². The highest BCUT2D eigenvalue weighted by atomic mass is 16.1. The quantitative estimate of drug-likeness (QED) is 0.786. The number of nitrogens with two attached hydrogens (primary N) is 1. The fourth-order valence-electron chi connectivity index (χ4n) is 4.42. The van der Waals surface area contributed by atoms with Crippen LogP contribution in [0.15, 0.2) is 0 Å².